The summed E-state index contributed by atoms with van der Waals surface area (Å²) in [6.45, 7) is 5.43. The Kier molecular flexibility index (Phi) is 5.13. The summed E-state index contributed by atoms with van der Waals surface area (Å²) in [6.07, 6.45) is 8.35. The molecule has 2 rings (SSSR count). The lowest BCUT2D eigenvalue weighted by atomic mass is 9.75. The molecule has 1 heterocycles. The lowest BCUT2D eigenvalue weighted by molar-refractivity contribution is 0.210. The van der Waals surface area contributed by atoms with Gasteiger partial charge in [-0.2, -0.15) is 0 Å². The van der Waals surface area contributed by atoms with E-state index in [2.05, 4.69) is 19.2 Å². The standard InChI is InChI=1S/C15H24ClNO/c1-3-11-6-5-7-12(10-11)14(17-4-2)13-8-9-18-15(13)16/h8-9,11-12,14,17H,3-7,10H2,1-2H3. The molecule has 18 heavy (non-hydrogen) atoms. The number of halogens is 1. The van der Waals surface area contributed by atoms with E-state index in [-0.39, 0.29) is 0 Å². The Morgan fingerprint density at radius 3 is 2.89 bits per heavy atom. The molecule has 3 atom stereocenters. The van der Waals surface area contributed by atoms with Gasteiger partial charge in [0.2, 0.25) is 0 Å². The van der Waals surface area contributed by atoms with Gasteiger partial charge in [0.15, 0.2) is 5.22 Å². The van der Waals surface area contributed by atoms with Crippen molar-refractivity contribution in [2.45, 2.75) is 52.0 Å². The number of nitrogens with one attached hydrogen (secondary N) is 1. The smallest absolute Gasteiger partial charge is 0.197 e. The van der Waals surface area contributed by atoms with Gasteiger partial charge in [0.25, 0.3) is 0 Å². The Balaban J connectivity index is 2.12. The molecule has 1 aliphatic carbocycles. The molecule has 0 radical (unpaired) electrons. The highest BCUT2D eigenvalue weighted by molar-refractivity contribution is 6.29. The molecular formula is C15H24ClNO. The van der Waals surface area contributed by atoms with Crippen LogP contribution in [0.25, 0.3) is 0 Å². The average molecular weight is 270 g/mol. The van der Waals surface area contributed by atoms with E-state index in [1.165, 1.54) is 32.1 Å². The number of furan rings is 1. The van der Waals surface area contributed by atoms with Crippen LogP contribution < -0.4 is 5.32 Å². The summed E-state index contributed by atoms with van der Waals surface area (Å²) in [5, 5.41) is 4.15. The summed E-state index contributed by atoms with van der Waals surface area (Å²) >= 11 is 6.15. The summed E-state index contributed by atoms with van der Waals surface area (Å²) in [7, 11) is 0. The van der Waals surface area contributed by atoms with Crippen molar-refractivity contribution < 1.29 is 4.42 Å². The normalized spacial score (nSPS) is 26.2. The fraction of sp³-hybridized carbons (Fsp3) is 0.733. The van der Waals surface area contributed by atoms with Crippen LogP contribution in [0.2, 0.25) is 5.22 Å². The molecule has 0 bridgehead atoms. The molecule has 3 heteroatoms. The molecule has 3 unspecified atom stereocenters. The predicted molar refractivity (Wildman–Crippen MR) is 75.9 cm³/mol. The van der Waals surface area contributed by atoms with Crippen LogP contribution in [0.1, 0.15) is 57.6 Å². The number of hydrogen-bond donors (Lipinski definition) is 1. The van der Waals surface area contributed by atoms with E-state index >= 15 is 0 Å². The molecule has 0 aromatic carbocycles. The van der Waals surface area contributed by atoms with Crippen LogP contribution in [-0.4, -0.2) is 6.54 Å². The topological polar surface area (TPSA) is 25.2 Å². The fourth-order valence-corrected chi connectivity index (χ4v) is 3.52. The van der Waals surface area contributed by atoms with Crippen molar-refractivity contribution in [1.82, 2.24) is 5.32 Å². The first kappa shape index (κ1) is 14.0. The maximum absolute atomic E-state index is 6.15. The van der Waals surface area contributed by atoms with E-state index in [0.717, 1.165) is 18.0 Å². The molecule has 0 spiro atoms. The van der Waals surface area contributed by atoms with Crippen molar-refractivity contribution in [3.05, 3.63) is 23.1 Å². The molecule has 1 aromatic rings. The Morgan fingerprint density at radius 2 is 2.28 bits per heavy atom. The predicted octanol–water partition coefficient (Wildman–Crippen LogP) is 4.80. The highest BCUT2D eigenvalue weighted by Gasteiger charge is 2.30. The van der Waals surface area contributed by atoms with Crippen molar-refractivity contribution >= 4 is 11.6 Å². The number of hydrogen-bond acceptors (Lipinski definition) is 2. The maximum Gasteiger partial charge on any atom is 0.197 e. The zero-order valence-corrected chi connectivity index (χ0v) is 12.2. The minimum Gasteiger partial charge on any atom is -0.453 e. The highest BCUT2D eigenvalue weighted by atomic mass is 35.5. The van der Waals surface area contributed by atoms with E-state index in [1.807, 2.05) is 6.07 Å². The molecule has 1 aliphatic rings. The third-order valence-corrected chi connectivity index (χ3v) is 4.58. The highest BCUT2D eigenvalue weighted by Crippen LogP contribution is 2.40. The Labute approximate surface area is 115 Å². The van der Waals surface area contributed by atoms with Crippen LogP contribution >= 0.6 is 11.6 Å². The molecule has 1 saturated carbocycles. The second kappa shape index (κ2) is 6.63. The number of rotatable bonds is 5. The van der Waals surface area contributed by atoms with E-state index in [9.17, 15) is 0 Å². The molecule has 102 valence electrons. The van der Waals surface area contributed by atoms with Crippen LogP contribution in [0.4, 0.5) is 0 Å². The van der Waals surface area contributed by atoms with Gasteiger partial charge in [-0.1, -0.05) is 33.1 Å². The van der Waals surface area contributed by atoms with Gasteiger partial charge in [-0.05, 0) is 48.9 Å². The largest absolute Gasteiger partial charge is 0.453 e. The average Bonchev–Trinajstić information content (AvgIpc) is 2.82. The van der Waals surface area contributed by atoms with Gasteiger partial charge in [0.1, 0.15) is 0 Å². The van der Waals surface area contributed by atoms with Crippen molar-refractivity contribution in [1.29, 1.82) is 0 Å². The fourth-order valence-electron chi connectivity index (χ4n) is 3.28. The van der Waals surface area contributed by atoms with Crippen LogP contribution in [-0.2, 0) is 0 Å². The van der Waals surface area contributed by atoms with Crippen molar-refractivity contribution in [3.8, 4) is 0 Å². The van der Waals surface area contributed by atoms with Gasteiger partial charge in [0.05, 0.1) is 6.26 Å². The van der Waals surface area contributed by atoms with Gasteiger partial charge < -0.3 is 9.73 Å². The zero-order chi connectivity index (χ0) is 13.0. The lowest BCUT2D eigenvalue weighted by Gasteiger charge is -2.34. The van der Waals surface area contributed by atoms with Crippen molar-refractivity contribution in [2.75, 3.05) is 6.54 Å². The van der Waals surface area contributed by atoms with E-state index in [0.29, 0.717) is 17.2 Å². The summed E-state index contributed by atoms with van der Waals surface area (Å²) in [5.74, 6) is 1.58. The van der Waals surface area contributed by atoms with Gasteiger partial charge >= 0.3 is 0 Å². The first-order valence-corrected chi connectivity index (χ1v) is 7.60. The lowest BCUT2D eigenvalue weighted by Crippen LogP contribution is -2.31. The van der Waals surface area contributed by atoms with Gasteiger partial charge in [-0.3, -0.25) is 0 Å². The third-order valence-electron chi connectivity index (χ3n) is 4.28. The Hall–Kier alpha value is -0.470. The second-order valence-electron chi connectivity index (χ2n) is 5.39. The molecule has 1 aromatic heterocycles. The van der Waals surface area contributed by atoms with Crippen LogP contribution in [0.15, 0.2) is 16.7 Å². The monoisotopic (exact) mass is 269 g/mol. The minimum absolute atomic E-state index is 0.357. The maximum atomic E-state index is 6.15. The summed E-state index contributed by atoms with van der Waals surface area (Å²) in [4.78, 5) is 0. The SMILES string of the molecule is CCNC(c1ccoc1Cl)C1CCCC(CC)C1. The van der Waals surface area contributed by atoms with Crippen LogP contribution in [0.3, 0.4) is 0 Å². The van der Waals surface area contributed by atoms with Gasteiger partial charge in [-0.15, -0.1) is 0 Å². The zero-order valence-electron chi connectivity index (χ0n) is 11.4. The molecule has 0 amide bonds. The van der Waals surface area contributed by atoms with Crippen molar-refractivity contribution in [3.63, 3.8) is 0 Å². The van der Waals surface area contributed by atoms with Gasteiger partial charge in [-0.25, -0.2) is 0 Å². The molecular weight excluding hydrogens is 246 g/mol. The summed E-state index contributed by atoms with van der Waals surface area (Å²) < 4.78 is 5.26. The summed E-state index contributed by atoms with van der Waals surface area (Å²) in [6, 6.07) is 2.38. The molecule has 1 fully saturated rings. The third kappa shape index (κ3) is 3.10. The van der Waals surface area contributed by atoms with Crippen molar-refractivity contribution in [2.24, 2.45) is 11.8 Å². The van der Waals surface area contributed by atoms with Crippen LogP contribution in [0.5, 0.6) is 0 Å². The Bertz CT molecular complexity index is 363. The molecule has 0 aliphatic heterocycles. The van der Waals surface area contributed by atoms with Crippen LogP contribution in [0, 0.1) is 11.8 Å². The minimum atomic E-state index is 0.357. The second-order valence-corrected chi connectivity index (χ2v) is 5.73. The quantitative estimate of drug-likeness (QED) is 0.831. The molecule has 0 saturated heterocycles. The first-order chi connectivity index (χ1) is 8.76. The van der Waals surface area contributed by atoms with E-state index in [4.69, 9.17) is 16.0 Å². The molecule has 2 nitrogen and oxygen atoms in total. The van der Waals surface area contributed by atoms with E-state index < -0.39 is 0 Å². The van der Waals surface area contributed by atoms with E-state index in [1.54, 1.807) is 6.26 Å². The van der Waals surface area contributed by atoms with Gasteiger partial charge in [0, 0.05) is 11.6 Å². The Morgan fingerprint density at radius 1 is 1.44 bits per heavy atom. The molecule has 1 N–H and O–H groups in total. The summed E-state index contributed by atoms with van der Waals surface area (Å²) in [5.41, 5.74) is 1.14. The first-order valence-electron chi connectivity index (χ1n) is 7.22.